The number of nitrogens with two attached hydrogens (primary N) is 1. The van der Waals surface area contributed by atoms with Crippen LogP contribution in [0.15, 0.2) is 48.9 Å². The van der Waals surface area contributed by atoms with Crippen molar-refractivity contribution in [2.45, 2.75) is 50.5 Å². The van der Waals surface area contributed by atoms with E-state index in [1.165, 1.54) is 18.6 Å². The molecule has 0 radical (unpaired) electrons. The van der Waals surface area contributed by atoms with E-state index in [-0.39, 0.29) is 43.5 Å². The van der Waals surface area contributed by atoms with E-state index in [2.05, 4.69) is 29.1 Å². The number of carbonyl (C=O) groups excluding carboxylic acids is 2. The van der Waals surface area contributed by atoms with Gasteiger partial charge in [0, 0.05) is 24.6 Å². The lowest BCUT2D eigenvalue weighted by Gasteiger charge is -2.37. The quantitative estimate of drug-likeness (QED) is 0.421. The minimum atomic E-state index is -0.941. The SMILES string of the molecule is CC(C)CC(CC(=O)C(Cc1ccccc1)NC(=O)c1cnccn1)B1OCC(N)(CO)CO1. The number of benzene rings is 1. The molecule has 2 atom stereocenters. The summed E-state index contributed by atoms with van der Waals surface area (Å²) in [6.07, 6.45) is 5.49. The Balaban J connectivity index is 1.75. The van der Waals surface area contributed by atoms with E-state index in [0.29, 0.717) is 18.8 Å². The Bertz CT molecular complexity index is 923. The number of hydrogen-bond acceptors (Lipinski definition) is 8. The Hall–Kier alpha value is -2.66. The highest BCUT2D eigenvalue weighted by molar-refractivity contribution is 6.47. The number of rotatable bonds is 11. The highest BCUT2D eigenvalue weighted by atomic mass is 16.6. The third-order valence-electron chi connectivity index (χ3n) is 5.78. The van der Waals surface area contributed by atoms with Crippen molar-refractivity contribution < 1.29 is 24.0 Å². The Morgan fingerprint density at radius 1 is 1.21 bits per heavy atom. The molecule has 0 bridgehead atoms. The summed E-state index contributed by atoms with van der Waals surface area (Å²) < 4.78 is 11.7. The van der Waals surface area contributed by atoms with Crippen molar-refractivity contribution in [3.8, 4) is 0 Å². The van der Waals surface area contributed by atoms with Gasteiger partial charge in [-0.2, -0.15) is 0 Å². The van der Waals surface area contributed by atoms with E-state index in [9.17, 15) is 14.7 Å². The highest BCUT2D eigenvalue weighted by Crippen LogP contribution is 2.30. The largest absolute Gasteiger partial charge is 0.460 e. The van der Waals surface area contributed by atoms with Crippen LogP contribution in [0.5, 0.6) is 0 Å². The molecule has 2 unspecified atom stereocenters. The van der Waals surface area contributed by atoms with Crippen LogP contribution in [0.1, 0.15) is 42.7 Å². The van der Waals surface area contributed by atoms with E-state index in [0.717, 1.165) is 5.56 Å². The van der Waals surface area contributed by atoms with Gasteiger partial charge in [-0.25, -0.2) is 4.98 Å². The lowest BCUT2D eigenvalue weighted by molar-refractivity contribution is -0.121. The van der Waals surface area contributed by atoms with E-state index >= 15 is 0 Å². The number of aliphatic hydroxyl groups is 1. The van der Waals surface area contributed by atoms with E-state index in [1.54, 1.807) is 0 Å². The van der Waals surface area contributed by atoms with Gasteiger partial charge in [-0.3, -0.25) is 14.6 Å². The van der Waals surface area contributed by atoms with Crippen LogP contribution >= 0.6 is 0 Å². The molecule has 2 aromatic rings. The Kier molecular flexibility index (Phi) is 9.29. The first-order valence-electron chi connectivity index (χ1n) is 11.6. The van der Waals surface area contributed by atoms with Gasteiger partial charge in [-0.15, -0.1) is 0 Å². The first kappa shape index (κ1) is 26.0. The number of ketones is 1. The first-order chi connectivity index (χ1) is 16.3. The number of Topliss-reactive ketones (excluding diaryl/α,β-unsaturated/α-hetero) is 1. The second-order valence-corrected chi connectivity index (χ2v) is 9.38. The van der Waals surface area contributed by atoms with Gasteiger partial charge in [0.25, 0.3) is 5.91 Å². The second-order valence-electron chi connectivity index (χ2n) is 9.38. The summed E-state index contributed by atoms with van der Waals surface area (Å²) in [7, 11) is -0.609. The van der Waals surface area contributed by atoms with Crippen molar-refractivity contribution in [3.63, 3.8) is 0 Å². The third-order valence-corrected chi connectivity index (χ3v) is 5.78. The average molecular weight is 468 g/mol. The molecule has 4 N–H and O–H groups in total. The zero-order valence-electron chi connectivity index (χ0n) is 19.7. The van der Waals surface area contributed by atoms with Crippen LogP contribution in [-0.4, -0.2) is 65.3 Å². The smallest absolute Gasteiger partial charge is 0.409 e. The van der Waals surface area contributed by atoms with Gasteiger partial charge in [0.05, 0.1) is 37.6 Å². The number of amides is 1. The third kappa shape index (κ3) is 7.43. The summed E-state index contributed by atoms with van der Waals surface area (Å²) in [4.78, 5) is 34.2. The number of carbonyl (C=O) groups is 2. The molecule has 3 rings (SSSR count). The van der Waals surface area contributed by atoms with Gasteiger partial charge in [0.2, 0.25) is 0 Å². The molecule has 9 nitrogen and oxygen atoms in total. The molecule has 1 aliphatic heterocycles. The molecule has 0 spiro atoms. The van der Waals surface area contributed by atoms with Crippen LogP contribution < -0.4 is 11.1 Å². The molecule has 10 heteroatoms. The molecular formula is C24H33BN4O5. The lowest BCUT2D eigenvalue weighted by Crippen LogP contribution is -2.59. The fourth-order valence-electron chi connectivity index (χ4n) is 3.99. The van der Waals surface area contributed by atoms with Crippen LogP contribution in [-0.2, 0) is 20.5 Å². The van der Waals surface area contributed by atoms with E-state index < -0.39 is 24.6 Å². The maximum atomic E-state index is 13.5. The van der Waals surface area contributed by atoms with Crippen LogP contribution in [0.2, 0.25) is 5.82 Å². The Labute approximate surface area is 200 Å². The van der Waals surface area contributed by atoms with Crippen molar-refractivity contribution in [3.05, 3.63) is 60.2 Å². The summed E-state index contributed by atoms with van der Waals surface area (Å²) >= 11 is 0. The summed E-state index contributed by atoms with van der Waals surface area (Å²) in [5, 5.41) is 12.3. The fraction of sp³-hybridized carbons (Fsp3) is 0.500. The van der Waals surface area contributed by atoms with Crippen molar-refractivity contribution in [2.24, 2.45) is 11.7 Å². The molecule has 2 heterocycles. The zero-order chi connectivity index (χ0) is 24.6. The predicted molar refractivity (Wildman–Crippen MR) is 128 cm³/mol. The van der Waals surface area contributed by atoms with E-state index in [4.69, 9.17) is 15.0 Å². The molecule has 0 saturated carbocycles. The average Bonchev–Trinajstić information content (AvgIpc) is 2.84. The second kappa shape index (κ2) is 12.2. The number of aliphatic hydroxyl groups excluding tert-OH is 1. The van der Waals surface area contributed by atoms with Crippen molar-refractivity contribution in [2.75, 3.05) is 19.8 Å². The Morgan fingerprint density at radius 3 is 2.50 bits per heavy atom. The molecule has 1 aliphatic rings. The summed E-state index contributed by atoms with van der Waals surface area (Å²) in [6.45, 7) is 4.18. The first-order valence-corrected chi connectivity index (χ1v) is 11.6. The molecule has 1 aromatic heterocycles. The maximum Gasteiger partial charge on any atom is 0.460 e. The molecule has 1 aromatic carbocycles. The van der Waals surface area contributed by atoms with Crippen LogP contribution in [0, 0.1) is 5.92 Å². The van der Waals surface area contributed by atoms with Gasteiger partial charge < -0.3 is 25.5 Å². The molecular weight excluding hydrogens is 435 g/mol. The van der Waals surface area contributed by atoms with Crippen LogP contribution in [0.25, 0.3) is 0 Å². The topological polar surface area (TPSA) is 137 Å². The van der Waals surface area contributed by atoms with Crippen molar-refractivity contribution >= 4 is 18.8 Å². The Morgan fingerprint density at radius 2 is 1.91 bits per heavy atom. The monoisotopic (exact) mass is 468 g/mol. The maximum absolute atomic E-state index is 13.5. The lowest BCUT2D eigenvalue weighted by atomic mass is 9.64. The zero-order valence-corrected chi connectivity index (χ0v) is 19.7. The van der Waals surface area contributed by atoms with Crippen molar-refractivity contribution in [1.82, 2.24) is 15.3 Å². The molecule has 0 aliphatic carbocycles. The molecule has 1 fully saturated rings. The van der Waals surface area contributed by atoms with Gasteiger partial charge in [-0.05, 0) is 24.3 Å². The standard InChI is InChI=1S/C24H33BN4O5/c1-17(2)10-19(25-33-15-24(26,14-30)16-34-25)12-22(31)20(11-18-6-4-3-5-7-18)29-23(32)21-13-27-8-9-28-21/h3-9,13,17,19-20,30H,10-12,14-16,26H2,1-2H3,(H,29,32). The number of nitrogens with one attached hydrogen (secondary N) is 1. The summed E-state index contributed by atoms with van der Waals surface area (Å²) in [5.41, 5.74) is 6.18. The highest BCUT2D eigenvalue weighted by Gasteiger charge is 2.41. The molecule has 182 valence electrons. The van der Waals surface area contributed by atoms with Crippen LogP contribution in [0.3, 0.4) is 0 Å². The number of nitrogens with zero attached hydrogens (tertiary/aromatic N) is 2. The molecule has 1 saturated heterocycles. The summed E-state index contributed by atoms with van der Waals surface area (Å²) in [5.74, 6) is -0.494. The molecule has 1 amide bonds. The van der Waals surface area contributed by atoms with Crippen LogP contribution in [0.4, 0.5) is 0 Å². The number of aromatic nitrogens is 2. The predicted octanol–water partition coefficient (Wildman–Crippen LogP) is 1.42. The van der Waals surface area contributed by atoms with E-state index in [1.807, 2.05) is 30.3 Å². The fourth-order valence-corrected chi connectivity index (χ4v) is 3.99. The van der Waals surface area contributed by atoms with Gasteiger partial charge in [-0.1, -0.05) is 44.2 Å². The minimum absolute atomic E-state index is 0.120. The van der Waals surface area contributed by atoms with Gasteiger partial charge in [0.15, 0.2) is 5.78 Å². The van der Waals surface area contributed by atoms with Gasteiger partial charge >= 0.3 is 7.12 Å². The molecule has 34 heavy (non-hydrogen) atoms. The minimum Gasteiger partial charge on any atom is -0.409 e. The van der Waals surface area contributed by atoms with Gasteiger partial charge in [0.1, 0.15) is 5.69 Å². The number of hydrogen-bond donors (Lipinski definition) is 3. The normalized spacial score (nSPS) is 17.3. The summed E-state index contributed by atoms with van der Waals surface area (Å²) in [6, 6.07) is 8.78. The van der Waals surface area contributed by atoms with Crippen molar-refractivity contribution in [1.29, 1.82) is 0 Å².